The summed E-state index contributed by atoms with van der Waals surface area (Å²) in [7, 11) is 0. The molecule has 2 aromatic carbocycles. The number of hydrogen-bond donors (Lipinski definition) is 0. The van der Waals surface area contributed by atoms with Gasteiger partial charge >= 0.3 is 0 Å². The van der Waals surface area contributed by atoms with Crippen LogP contribution in [0.3, 0.4) is 0 Å². The summed E-state index contributed by atoms with van der Waals surface area (Å²) in [5.74, 6) is 2.03. The lowest BCUT2D eigenvalue weighted by Crippen LogP contribution is -2.16. The molecule has 0 spiro atoms. The van der Waals surface area contributed by atoms with Crippen molar-refractivity contribution in [2.75, 3.05) is 0 Å². The summed E-state index contributed by atoms with van der Waals surface area (Å²) in [6, 6.07) is 11.4. The number of terminal acetylenes is 1. The van der Waals surface area contributed by atoms with Crippen LogP contribution in [0.25, 0.3) is 16.3 Å². The molecule has 0 unspecified atom stereocenters. The molecule has 6 nitrogen and oxygen atoms in total. The third-order valence-electron chi connectivity index (χ3n) is 3.61. The van der Waals surface area contributed by atoms with Crippen LogP contribution in [0, 0.1) is 22.5 Å². The van der Waals surface area contributed by atoms with E-state index in [4.69, 9.17) is 18.0 Å². The highest BCUT2D eigenvalue weighted by Gasteiger charge is 2.09. The molecule has 134 valence electrons. The number of para-hydroxylation sites is 1. The Labute approximate surface area is 163 Å². The molecule has 1 heterocycles. The SMILES string of the molecule is C#CCn1c(=NC(=O)/C=C/c2cccc([N+](=O)[O-])c2)sc2cccc(Cl)c21. The van der Waals surface area contributed by atoms with Crippen molar-refractivity contribution in [1.82, 2.24) is 4.57 Å². The van der Waals surface area contributed by atoms with Gasteiger partial charge in [0.1, 0.15) is 0 Å². The molecule has 1 aromatic heterocycles. The molecule has 0 radical (unpaired) electrons. The quantitative estimate of drug-likeness (QED) is 0.288. The number of nitrogens with zero attached hydrogens (tertiary/aromatic N) is 3. The Hall–Kier alpha value is -3.21. The summed E-state index contributed by atoms with van der Waals surface area (Å²) >= 11 is 7.56. The van der Waals surface area contributed by atoms with Crippen LogP contribution in [0.4, 0.5) is 5.69 Å². The molecule has 0 saturated carbocycles. The zero-order valence-electron chi connectivity index (χ0n) is 13.8. The Bertz CT molecular complexity index is 1180. The predicted octanol–water partition coefficient (Wildman–Crippen LogP) is 4.04. The topological polar surface area (TPSA) is 77.5 Å². The van der Waals surface area contributed by atoms with Crippen molar-refractivity contribution in [2.45, 2.75) is 6.54 Å². The number of hydrogen-bond acceptors (Lipinski definition) is 4. The van der Waals surface area contributed by atoms with Crippen molar-refractivity contribution in [3.63, 3.8) is 0 Å². The molecule has 3 rings (SSSR count). The minimum absolute atomic E-state index is 0.0486. The van der Waals surface area contributed by atoms with E-state index < -0.39 is 10.8 Å². The van der Waals surface area contributed by atoms with E-state index >= 15 is 0 Å². The molecular formula is C19H12ClN3O3S. The van der Waals surface area contributed by atoms with Gasteiger partial charge in [0, 0.05) is 18.2 Å². The number of carbonyl (C=O) groups is 1. The minimum atomic E-state index is -0.505. The van der Waals surface area contributed by atoms with E-state index in [1.54, 1.807) is 22.8 Å². The molecule has 0 aliphatic carbocycles. The largest absolute Gasteiger partial charge is 0.303 e. The summed E-state index contributed by atoms with van der Waals surface area (Å²) in [5, 5.41) is 11.3. The van der Waals surface area contributed by atoms with Gasteiger partial charge in [-0.2, -0.15) is 4.99 Å². The number of carbonyl (C=O) groups excluding carboxylic acids is 1. The van der Waals surface area contributed by atoms with Crippen LogP contribution < -0.4 is 4.80 Å². The van der Waals surface area contributed by atoms with Gasteiger partial charge in [0.25, 0.3) is 11.6 Å². The lowest BCUT2D eigenvalue weighted by atomic mass is 10.2. The predicted molar refractivity (Wildman–Crippen MR) is 106 cm³/mol. The second-order valence-corrected chi connectivity index (χ2v) is 6.81. The molecule has 8 heteroatoms. The second kappa shape index (κ2) is 7.99. The standard InChI is InChI=1S/C19H12ClN3O3S/c1-2-11-22-18-15(20)7-4-8-16(18)27-19(22)21-17(24)10-9-13-5-3-6-14(12-13)23(25)26/h1,3-10,12H,11H2/b10-9+,21-19?. The number of nitro groups is 1. The van der Waals surface area contributed by atoms with Gasteiger partial charge < -0.3 is 4.57 Å². The molecule has 0 N–H and O–H groups in total. The molecule has 0 saturated heterocycles. The highest BCUT2D eigenvalue weighted by molar-refractivity contribution is 7.16. The Kier molecular flexibility index (Phi) is 5.50. The summed E-state index contributed by atoms with van der Waals surface area (Å²) < 4.78 is 2.58. The first-order valence-corrected chi connectivity index (χ1v) is 8.91. The van der Waals surface area contributed by atoms with Crippen molar-refractivity contribution in [2.24, 2.45) is 4.99 Å². The van der Waals surface area contributed by atoms with Crippen molar-refractivity contribution >= 4 is 50.8 Å². The van der Waals surface area contributed by atoms with Crippen molar-refractivity contribution in [3.05, 3.63) is 74.0 Å². The highest BCUT2D eigenvalue weighted by Crippen LogP contribution is 2.25. The maximum atomic E-state index is 12.2. The van der Waals surface area contributed by atoms with Crippen LogP contribution in [0.2, 0.25) is 5.02 Å². The number of non-ortho nitro benzene ring substituents is 1. The van der Waals surface area contributed by atoms with E-state index in [0.29, 0.717) is 15.4 Å². The van der Waals surface area contributed by atoms with E-state index in [2.05, 4.69) is 10.9 Å². The van der Waals surface area contributed by atoms with Crippen LogP contribution in [-0.4, -0.2) is 15.4 Å². The number of rotatable bonds is 4. The molecule has 0 bridgehead atoms. The van der Waals surface area contributed by atoms with Gasteiger partial charge in [0.05, 0.1) is 26.7 Å². The summed E-state index contributed by atoms with van der Waals surface area (Å²) in [6.45, 7) is 0.227. The molecule has 0 fully saturated rings. The fraction of sp³-hybridized carbons (Fsp3) is 0.0526. The van der Waals surface area contributed by atoms with Gasteiger partial charge in [-0.1, -0.05) is 47.1 Å². The summed E-state index contributed by atoms with van der Waals surface area (Å²) in [5.41, 5.74) is 1.22. The van der Waals surface area contributed by atoms with Crippen molar-refractivity contribution in [1.29, 1.82) is 0 Å². The van der Waals surface area contributed by atoms with Crippen LogP contribution in [-0.2, 0) is 11.3 Å². The Morgan fingerprint density at radius 1 is 1.37 bits per heavy atom. The number of halogens is 1. The van der Waals surface area contributed by atoms with E-state index in [9.17, 15) is 14.9 Å². The number of thiazole rings is 1. The Morgan fingerprint density at radius 2 is 2.15 bits per heavy atom. The van der Waals surface area contributed by atoms with Crippen LogP contribution in [0.1, 0.15) is 5.56 Å². The number of nitro benzene ring substituents is 1. The van der Waals surface area contributed by atoms with Gasteiger partial charge in [-0.25, -0.2) is 0 Å². The molecule has 27 heavy (non-hydrogen) atoms. The van der Waals surface area contributed by atoms with Crippen LogP contribution in [0.5, 0.6) is 0 Å². The van der Waals surface area contributed by atoms with Gasteiger partial charge in [0.15, 0.2) is 4.80 Å². The summed E-state index contributed by atoms with van der Waals surface area (Å²) in [4.78, 5) is 27.1. The fourth-order valence-corrected chi connectivity index (χ4v) is 3.85. The number of benzene rings is 2. The third kappa shape index (κ3) is 4.14. The molecule has 0 aliphatic heterocycles. The van der Waals surface area contributed by atoms with Crippen LogP contribution >= 0.6 is 22.9 Å². The average Bonchev–Trinajstić information content (AvgIpc) is 2.99. The van der Waals surface area contributed by atoms with Gasteiger partial charge in [-0.05, 0) is 23.8 Å². The molecular weight excluding hydrogens is 386 g/mol. The number of amides is 1. The average molecular weight is 398 g/mol. The molecule has 0 atom stereocenters. The van der Waals surface area contributed by atoms with Gasteiger partial charge in [-0.15, -0.1) is 6.42 Å². The maximum Gasteiger partial charge on any atom is 0.272 e. The normalized spacial score (nSPS) is 11.8. The lowest BCUT2D eigenvalue weighted by Gasteiger charge is -2.00. The van der Waals surface area contributed by atoms with Crippen LogP contribution in [0.15, 0.2) is 53.5 Å². The van der Waals surface area contributed by atoms with Gasteiger partial charge in [-0.3, -0.25) is 14.9 Å². The second-order valence-electron chi connectivity index (χ2n) is 5.40. The van der Waals surface area contributed by atoms with E-state index in [1.807, 2.05) is 12.1 Å². The zero-order chi connectivity index (χ0) is 19.4. The van der Waals surface area contributed by atoms with Crippen molar-refractivity contribution < 1.29 is 9.72 Å². The molecule has 1 amide bonds. The van der Waals surface area contributed by atoms with E-state index in [1.165, 1.54) is 35.6 Å². The monoisotopic (exact) mass is 397 g/mol. The first-order valence-electron chi connectivity index (χ1n) is 7.72. The van der Waals surface area contributed by atoms with Crippen molar-refractivity contribution in [3.8, 4) is 12.3 Å². The number of aromatic nitrogens is 1. The zero-order valence-corrected chi connectivity index (χ0v) is 15.4. The first-order chi connectivity index (χ1) is 13.0. The van der Waals surface area contributed by atoms with Gasteiger partial charge in [0.2, 0.25) is 0 Å². The highest BCUT2D eigenvalue weighted by atomic mass is 35.5. The van der Waals surface area contributed by atoms with E-state index in [-0.39, 0.29) is 12.2 Å². The fourth-order valence-electron chi connectivity index (χ4n) is 2.45. The third-order valence-corrected chi connectivity index (χ3v) is 4.96. The molecule has 3 aromatic rings. The minimum Gasteiger partial charge on any atom is -0.303 e. The first kappa shape index (κ1) is 18.6. The Morgan fingerprint density at radius 3 is 2.89 bits per heavy atom. The maximum absolute atomic E-state index is 12.2. The molecule has 0 aliphatic rings. The summed E-state index contributed by atoms with van der Waals surface area (Å²) in [6.07, 6.45) is 8.16. The Balaban J connectivity index is 1.97. The smallest absolute Gasteiger partial charge is 0.272 e. The van der Waals surface area contributed by atoms with E-state index in [0.717, 1.165) is 10.2 Å². The number of fused-ring (bicyclic) bond motifs is 1. The lowest BCUT2D eigenvalue weighted by molar-refractivity contribution is -0.384.